The summed E-state index contributed by atoms with van der Waals surface area (Å²) in [7, 11) is 0. The number of carbonyl (C=O) groups excluding carboxylic acids is 1. The van der Waals surface area contributed by atoms with Gasteiger partial charge in [0.15, 0.2) is 0 Å². The third kappa shape index (κ3) is 3.79. The molecule has 1 saturated carbocycles. The Morgan fingerprint density at radius 3 is 2.38 bits per heavy atom. The standard InChI is InChI=1S/C29H38N2O/c1-21-10-9-16-29(22(21)2)20-30-19-26(29)28(32)31-17-15-25(23-11-5-3-6-12-23)18-27(31)24-13-7-4-8-14-24/h3-8,11-14,21-22,25-27,30H,9-10,15-20H2,1-2H3/t21?,22?,25?,26-,27?,29?/m0/s1. The first-order valence-corrected chi connectivity index (χ1v) is 12.7. The highest BCUT2D eigenvalue weighted by Gasteiger charge is 2.54. The summed E-state index contributed by atoms with van der Waals surface area (Å²) in [6.07, 6.45) is 5.82. The zero-order valence-electron chi connectivity index (χ0n) is 19.7. The predicted molar refractivity (Wildman–Crippen MR) is 130 cm³/mol. The van der Waals surface area contributed by atoms with Gasteiger partial charge in [-0.1, -0.05) is 87.4 Å². The second-order valence-corrected chi connectivity index (χ2v) is 10.7. The van der Waals surface area contributed by atoms with Gasteiger partial charge in [0.25, 0.3) is 0 Å². The molecule has 2 heterocycles. The van der Waals surface area contributed by atoms with Crippen LogP contribution in [0.4, 0.5) is 0 Å². The van der Waals surface area contributed by atoms with Crippen LogP contribution in [0.3, 0.4) is 0 Å². The Morgan fingerprint density at radius 2 is 1.66 bits per heavy atom. The molecular weight excluding hydrogens is 392 g/mol. The van der Waals surface area contributed by atoms with Gasteiger partial charge in [0, 0.05) is 19.6 Å². The Bertz CT molecular complexity index is 913. The average molecular weight is 431 g/mol. The van der Waals surface area contributed by atoms with E-state index in [9.17, 15) is 4.79 Å². The van der Waals surface area contributed by atoms with Gasteiger partial charge in [-0.05, 0) is 53.6 Å². The van der Waals surface area contributed by atoms with E-state index >= 15 is 0 Å². The zero-order valence-corrected chi connectivity index (χ0v) is 19.7. The highest BCUT2D eigenvalue weighted by molar-refractivity contribution is 5.81. The van der Waals surface area contributed by atoms with Gasteiger partial charge in [-0.15, -0.1) is 0 Å². The van der Waals surface area contributed by atoms with Crippen LogP contribution in [0.1, 0.15) is 69.0 Å². The lowest BCUT2D eigenvalue weighted by Gasteiger charge is -2.49. The molecule has 3 fully saturated rings. The summed E-state index contributed by atoms with van der Waals surface area (Å²) in [5, 5.41) is 3.65. The van der Waals surface area contributed by atoms with Crippen molar-refractivity contribution in [2.75, 3.05) is 19.6 Å². The molecule has 2 aromatic carbocycles. The lowest BCUT2D eigenvalue weighted by atomic mass is 9.58. The first kappa shape index (κ1) is 21.7. The van der Waals surface area contributed by atoms with Crippen LogP contribution in [0, 0.1) is 23.2 Å². The van der Waals surface area contributed by atoms with Crippen LogP contribution in [-0.4, -0.2) is 30.4 Å². The van der Waals surface area contributed by atoms with E-state index in [4.69, 9.17) is 0 Å². The van der Waals surface area contributed by atoms with Gasteiger partial charge in [0.05, 0.1) is 12.0 Å². The molecule has 3 aliphatic rings. The normalized spacial score (nSPS) is 35.2. The fraction of sp³-hybridized carbons (Fsp3) is 0.552. The van der Waals surface area contributed by atoms with Crippen LogP contribution >= 0.6 is 0 Å². The molecular formula is C29H38N2O. The third-order valence-corrected chi connectivity index (χ3v) is 9.20. The van der Waals surface area contributed by atoms with Crippen LogP contribution in [0.15, 0.2) is 60.7 Å². The van der Waals surface area contributed by atoms with Crippen LogP contribution < -0.4 is 5.32 Å². The Labute approximate surface area is 193 Å². The Hall–Kier alpha value is -2.13. The van der Waals surface area contributed by atoms with Crippen LogP contribution in [-0.2, 0) is 4.79 Å². The van der Waals surface area contributed by atoms with Crippen molar-refractivity contribution in [3.63, 3.8) is 0 Å². The van der Waals surface area contributed by atoms with E-state index in [0.29, 0.717) is 23.7 Å². The van der Waals surface area contributed by atoms with Crippen molar-refractivity contribution in [2.45, 2.75) is 57.9 Å². The third-order valence-electron chi connectivity index (χ3n) is 9.20. The summed E-state index contributed by atoms with van der Waals surface area (Å²) >= 11 is 0. The summed E-state index contributed by atoms with van der Waals surface area (Å²) in [5.74, 6) is 2.32. The van der Waals surface area contributed by atoms with Crippen molar-refractivity contribution < 1.29 is 4.79 Å². The maximum atomic E-state index is 14.2. The minimum absolute atomic E-state index is 0.111. The molecule has 170 valence electrons. The highest BCUT2D eigenvalue weighted by atomic mass is 16.2. The molecule has 1 N–H and O–H groups in total. The minimum atomic E-state index is 0.111. The number of piperidine rings is 1. The maximum absolute atomic E-state index is 14.2. The van der Waals surface area contributed by atoms with E-state index in [1.54, 1.807) is 0 Å². The molecule has 5 rings (SSSR count). The van der Waals surface area contributed by atoms with Gasteiger partial charge >= 0.3 is 0 Å². The quantitative estimate of drug-likeness (QED) is 0.668. The van der Waals surface area contributed by atoms with E-state index in [0.717, 1.165) is 32.5 Å². The number of hydrogen-bond acceptors (Lipinski definition) is 2. The smallest absolute Gasteiger partial charge is 0.228 e. The number of nitrogens with one attached hydrogen (secondary N) is 1. The number of carbonyl (C=O) groups is 1. The number of hydrogen-bond donors (Lipinski definition) is 1. The van der Waals surface area contributed by atoms with Gasteiger partial charge in [-0.2, -0.15) is 0 Å². The second kappa shape index (κ2) is 9.02. The van der Waals surface area contributed by atoms with Gasteiger partial charge in [0.1, 0.15) is 0 Å². The minimum Gasteiger partial charge on any atom is -0.335 e. The Balaban J connectivity index is 1.44. The molecule has 0 aromatic heterocycles. The summed E-state index contributed by atoms with van der Waals surface area (Å²) in [4.78, 5) is 16.5. The SMILES string of the molecule is CC1CCCC2(CNC[C@H]2C(=O)N2CCC(c3ccccc3)CC2c2ccccc2)C1C. The Kier molecular flexibility index (Phi) is 6.11. The molecule has 1 aliphatic carbocycles. The van der Waals surface area contributed by atoms with E-state index in [2.05, 4.69) is 84.7 Å². The van der Waals surface area contributed by atoms with Gasteiger partial charge in [0.2, 0.25) is 5.91 Å². The van der Waals surface area contributed by atoms with E-state index in [1.807, 2.05) is 0 Å². The predicted octanol–water partition coefficient (Wildman–Crippen LogP) is 5.80. The molecule has 2 aromatic rings. The number of nitrogens with zero attached hydrogens (tertiary/aromatic N) is 1. The van der Waals surface area contributed by atoms with Crippen LogP contribution in [0.2, 0.25) is 0 Å². The Morgan fingerprint density at radius 1 is 0.969 bits per heavy atom. The molecule has 6 atom stereocenters. The molecule has 1 spiro atoms. The molecule has 2 aliphatic heterocycles. The van der Waals surface area contributed by atoms with Gasteiger partial charge < -0.3 is 10.2 Å². The second-order valence-electron chi connectivity index (χ2n) is 10.7. The van der Waals surface area contributed by atoms with Crippen molar-refractivity contribution in [3.8, 4) is 0 Å². The molecule has 0 bridgehead atoms. The van der Waals surface area contributed by atoms with Crippen molar-refractivity contribution in [1.82, 2.24) is 10.2 Å². The molecule has 5 unspecified atom stereocenters. The highest BCUT2D eigenvalue weighted by Crippen LogP contribution is 2.52. The molecule has 32 heavy (non-hydrogen) atoms. The lowest BCUT2D eigenvalue weighted by molar-refractivity contribution is -0.145. The summed E-state index contributed by atoms with van der Waals surface area (Å²) < 4.78 is 0. The fourth-order valence-corrected chi connectivity index (χ4v) is 7.10. The topological polar surface area (TPSA) is 32.3 Å². The monoisotopic (exact) mass is 430 g/mol. The van der Waals surface area contributed by atoms with Crippen molar-refractivity contribution in [1.29, 1.82) is 0 Å². The van der Waals surface area contributed by atoms with Crippen LogP contribution in [0.5, 0.6) is 0 Å². The molecule has 3 nitrogen and oxygen atoms in total. The molecule has 3 heteroatoms. The summed E-state index contributed by atoms with van der Waals surface area (Å²) in [6.45, 7) is 7.51. The fourth-order valence-electron chi connectivity index (χ4n) is 7.10. The van der Waals surface area contributed by atoms with Crippen molar-refractivity contribution in [2.24, 2.45) is 23.2 Å². The average Bonchev–Trinajstić information content (AvgIpc) is 3.27. The van der Waals surface area contributed by atoms with Gasteiger partial charge in [-0.25, -0.2) is 0 Å². The van der Waals surface area contributed by atoms with Crippen LogP contribution in [0.25, 0.3) is 0 Å². The maximum Gasteiger partial charge on any atom is 0.228 e. The largest absolute Gasteiger partial charge is 0.335 e. The number of amides is 1. The lowest BCUT2D eigenvalue weighted by Crippen LogP contribution is -2.51. The molecule has 2 saturated heterocycles. The number of likely N-dealkylation sites (tertiary alicyclic amines) is 1. The van der Waals surface area contributed by atoms with Gasteiger partial charge in [-0.3, -0.25) is 4.79 Å². The zero-order chi connectivity index (χ0) is 22.1. The summed E-state index contributed by atoms with van der Waals surface area (Å²) in [5.41, 5.74) is 2.83. The van der Waals surface area contributed by atoms with E-state index < -0.39 is 0 Å². The summed E-state index contributed by atoms with van der Waals surface area (Å²) in [6, 6.07) is 21.8. The molecule has 0 radical (unpaired) electrons. The van der Waals surface area contributed by atoms with E-state index in [1.165, 1.54) is 30.4 Å². The first-order chi connectivity index (χ1) is 15.6. The van der Waals surface area contributed by atoms with Crippen molar-refractivity contribution >= 4 is 5.91 Å². The van der Waals surface area contributed by atoms with E-state index in [-0.39, 0.29) is 17.4 Å². The number of rotatable bonds is 3. The number of benzene rings is 2. The first-order valence-electron chi connectivity index (χ1n) is 12.7. The molecule has 1 amide bonds. The van der Waals surface area contributed by atoms with Crippen molar-refractivity contribution in [3.05, 3.63) is 71.8 Å².